The third kappa shape index (κ3) is 4.30. The van der Waals surface area contributed by atoms with Crippen molar-refractivity contribution in [2.45, 2.75) is 25.1 Å². The number of benzene rings is 1. The van der Waals surface area contributed by atoms with Gasteiger partial charge in [-0.3, -0.25) is 0 Å². The third-order valence-corrected chi connectivity index (χ3v) is 5.24. The molecule has 1 saturated carbocycles. The van der Waals surface area contributed by atoms with Gasteiger partial charge in [0.25, 0.3) is 0 Å². The van der Waals surface area contributed by atoms with Gasteiger partial charge in [0.15, 0.2) is 0 Å². The van der Waals surface area contributed by atoms with Crippen LogP contribution in [-0.4, -0.2) is 33.4 Å². The molecular weight excluding hydrogens is 260 g/mol. The molecule has 1 N–H and O–H groups in total. The second kappa shape index (κ2) is 6.03. The molecule has 1 fully saturated rings. The lowest BCUT2D eigenvalue weighted by Gasteiger charge is -2.16. The average Bonchev–Trinajstić information content (AvgIpc) is 3.15. The molecule has 1 aromatic rings. The first-order valence-corrected chi connectivity index (χ1v) is 8.28. The van der Waals surface area contributed by atoms with Crippen molar-refractivity contribution in [2.24, 2.45) is 5.92 Å². The van der Waals surface area contributed by atoms with Crippen LogP contribution in [0.4, 0.5) is 0 Å². The van der Waals surface area contributed by atoms with Gasteiger partial charge in [0.05, 0.1) is 5.75 Å². The molecule has 19 heavy (non-hydrogen) atoms. The lowest BCUT2D eigenvalue weighted by atomic mass is 10.1. The Morgan fingerprint density at radius 3 is 2.32 bits per heavy atom. The Kier molecular flexibility index (Phi) is 4.60. The molecule has 0 aromatic heterocycles. The Morgan fingerprint density at radius 1 is 1.21 bits per heavy atom. The summed E-state index contributed by atoms with van der Waals surface area (Å²) in [5.74, 6) is 0.675. The summed E-state index contributed by atoms with van der Waals surface area (Å²) in [7, 11) is 0.402. The second-order valence-electron chi connectivity index (χ2n) is 5.33. The molecule has 0 radical (unpaired) electrons. The van der Waals surface area contributed by atoms with Crippen LogP contribution in [0.25, 0.3) is 0 Å². The zero-order valence-electron chi connectivity index (χ0n) is 11.6. The Balaban J connectivity index is 1.98. The van der Waals surface area contributed by atoms with Crippen LogP contribution in [0.5, 0.6) is 0 Å². The second-order valence-corrected chi connectivity index (χ2v) is 7.40. The van der Waals surface area contributed by atoms with E-state index >= 15 is 0 Å². The summed E-state index contributed by atoms with van der Waals surface area (Å²) in [6, 6.07) is 7.74. The van der Waals surface area contributed by atoms with E-state index in [2.05, 4.69) is 5.32 Å². The van der Waals surface area contributed by atoms with Crippen LogP contribution in [0.1, 0.15) is 24.0 Å². The van der Waals surface area contributed by atoms with Crippen LogP contribution in [0.3, 0.4) is 0 Å². The Morgan fingerprint density at radius 2 is 1.79 bits per heavy atom. The van der Waals surface area contributed by atoms with Crippen molar-refractivity contribution >= 4 is 10.0 Å². The summed E-state index contributed by atoms with van der Waals surface area (Å²) in [4.78, 5) is 0. The number of sulfonamides is 1. The van der Waals surface area contributed by atoms with Crippen molar-refractivity contribution in [3.8, 4) is 0 Å². The molecule has 4 nitrogen and oxygen atoms in total. The number of nitrogens with zero attached hydrogens (tertiary/aromatic N) is 1. The Labute approximate surface area is 115 Å². The van der Waals surface area contributed by atoms with E-state index in [1.54, 1.807) is 7.05 Å². The van der Waals surface area contributed by atoms with Crippen LogP contribution in [0, 0.1) is 5.92 Å². The van der Waals surface area contributed by atoms with E-state index in [-0.39, 0.29) is 5.75 Å². The van der Waals surface area contributed by atoms with Crippen LogP contribution in [0.2, 0.25) is 0 Å². The lowest BCUT2D eigenvalue weighted by Crippen LogP contribution is -2.30. The first-order valence-electron chi connectivity index (χ1n) is 6.67. The van der Waals surface area contributed by atoms with E-state index < -0.39 is 10.0 Å². The van der Waals surface area contributed by atoms with Gasteiger partial charge in [-0.1, -0.05) is 24.3 Å². The number of nitrogens with one attached hydrogen (secondary N) is 1. The minimum atomic E-state index is -3.18. The van der Waals surface area contributed by atoms with Crippen LogP contribution < -0.4 is 5.32 Å². The van der Waals surface area contributed by atoms with Gasteiger partial charge >= 0.3 is 0 Å². The van der Waals surface area contributed by atoms with E-state index in [9.17, 15) is 8.42 Å². The Hall–Kier alpha value is -0.910. The molecule has 0 spiro atoms. The van der Waals surface area contributed by atoms with Gasteiger partial charge in [-0.2, -0.15) is 0 Å². The summed E-state index contributed by atoms with van der Waals surface area (Å²) >= 11 is 0. The molecule has 1 aliphatic rings. The van der Waals surface area contributed by atoms with Crippen LogP contribution in [-0.2, 0) is 22.3 Å². The summed E-state index contributed by atoms with van der Waals surface area (Å²) in [5.41, 5.74) is 2.01. The number of hydrogen-bond donors (Lipinski definition) is 1. The first kappa shape index (κ1) is 14.5. The smallest absolute Gasteiger partial charge is 0.218 e. The predicted molar refractivity (Wildman–Crippen MR) is 77.2 cm³/mol. The highest BCUT2D eigenvalue weighted by Gasteiger charge is 2.28. The molecule has 0 atom stereocenters. The maximum absolute atomic E-state index is 12.2. The van der Waals surface area contributed by atoms with Crippen LogP contribution in [0.15, 0.2) is 24.3 Å². The predicted octanol–water partition coefficient (Wildman–Crippen LogP) is 1.58. The highest BCUT2D eigenvalue weighted by molar-refractivity contribution is 7.88. The van der Waals surface area contributed by atoms with Crippen molar-refractivity contribution in [1.29, 1.82) is 0 Å². The first-order chi connectivity index (χ1) is 9.01. The van der Waals surface area contributed by atoms with Gasteiger partial charge in [-0.25, -0.2) is 12.7 Å². The maximum atomic E-state index is 12.2. The monoisotopic (exact) mass is 282 g/mol. The Bertz CT molecular complexity index is 507. The average molecular weight is 282 g/mol. The van der Waals surface area contributed by atoms with Crippen molar-refractivity contribution in [2.75, 3.05) is 20.6 Å². The van der Waals surface area contributed by atoms with Gasteiger partial charge < -0.3 is 5.32 Å². The summed E-state index contributed by atoms with van der Waals surface area (Å²) < 4.78 is 25.9. The highest BCUT2D eigenvalue weighted by atomic mass is 32.2. The molecule has 0 aliphatic heterocycles. The fourth-order valence-electron chi connectivity index (χ4n) is 2.06. The molecule has 1 aliphatic carbocycles. The fraction of sp³-hybridized carbons (Fsp3) is 0.571. The molecule has 106 valence electrons. The quantitative estimate of drug-likeness (QED) is 0.826. The molecule has 1 aromatic carbocycles. The van der Waals surface area contributed by atoms with Gasteiger partial charge in [0.2, 0.25) is 10.0 Å². The maximum Gasteiger partial charge on any atom is 0.218 e. The van der Waals surface area contributed by atoms with E-state index in [1.165, 1.54) is 17.1 Å². The highest BCUT2D eigenvalue weighted by Crippen LogP contribution is 2.30. The zero-order chi connectivity index (χ0) is 13.9. The van der Waals surface area contributed by atoms with Gasteiger partial charge in [0.1, 0.15) is 0 Å². The van der Waals surface area contributed by atoms with Crippen molar-refractivity contribution in [3.05, 3.63) is 35.4 Å². The molecule has 2 rings (SSSR count). The molecule has 0 saturated heterocycles. The minimum Gasteiger partial charge on any atom is -0.316 e. The van der Waals surface area contributed by atoms with Crippen molar-refractivity contribution < 1.29 is 8.42 Å². The van der Waals surface area contributed by atoms with E-state index in [0.717, 1.165) is 17.7 Å². The number of hydrogen-bond acceptors (Lipinski definition) is 3. The number of rotatable bonds is 7. The zero-order valence-corrected chi connectivity index (χ0v) is 12.4. The summed E-state index contributed by atoms with van der Waals surface area (Å²) in [6.45, 7) is 1.47. The van der Waals surface area contributed by atoms with Gasteiger partial charge in [-0.05, 0) is 36.9 Å². The lowest BCUT2D eigenvalue weighted by molar-refractivity contribution is 0.452. The molecule has 0 amide bonds. The molecule has 5 heteroatoms. The summed E-state index contributed by atoms with van der Waals surface area (Å²) in [5, 5.41) is 3.07. The van der Waals surface area contributed by atoms with Crippen molar-refractivity contribution in [3.63, 3.8) is 0 Å². The molecular formula is C14H22N2O2S. The van der Waals surface area contributed by atoms with E-state index in [0.29, 0.717) is 12.5 Å². The summed E-state index contributed by atoms with van der Waals surface area (Å²) in [6.07, 6.45) is 2.33. The third-order valence-electron chi connectivity index (χ3n) is 3.44. The van der Waals surface area contributed by atoms with Gasteiger partial charge in [0, 0.05) is 20.1 Å². The minimum absolute atomic E-state index is 0.0933. The van der Waals surface area contributed by atoms with Crippen LogP contribution >= 0.6 is 0 Å². The molecule has 0 heterocycles. The standard InChI is InChI=1S/C14H22N2O2S/c1-15-9-12-3-7-14(8-4-12)11-19(17,18)16(2)10-13-5-6-13/h3-4,7-8,13,15H,5-6,9-11H2,1-2H3. The largest absolute Gasteiger partial charge is 0.316 e. The topological polar surface area (TPSA) is 49.4 Å². The molecule has 0 bridgehead atoms. The SMILES string of the molecule is CNCc1ccc(CS(=O)(=O)N(C)CC2CC2)cc1. The molecule has 0 unspecified atom stereocenters. The van der Waals surface area contributed by atoms with E-state index in [1.807, 2.05) is 31.3 Å². The van der Waals surface area contributed by atoms with E-state index in [4.69, 9.17) is 0 Å². The normalized spacial score (nSPS) is 15.9. The van der Waals surface area contributed by atoms with Gasteiger partial charge in [-0.15, -0.1) is 0 Å². The fourth-order valence-corrected chi connectivity index (χ4v) is 3.33. The van der Waals surface area contributed by atoms with Crippen molar-refractivity contribution in [1.82, 2.24) is 9.62 Å².